The molecule has 0 radical (unpaired) electrons. The number of aliphatic hydroxyl groups is 1. The molecule has 2 atom stereocenters. The molecule has 2 fully saturated rings. The maximum atomic E-state index is 13.3. The predicted molar refractivity (Wildman–Crippen MR) is 130 cm³/mol. The van der Waals surface area contributed by atoms with Gasteiger partial charge in [0.2, 0.25) is 5.91 Å². The van der Waals surface area contributed by atoms with Crippen LogP contribution in [-0.4, -0.2) is 41.7 Å². The number of carbonyl (C=O) groups is 1. The summed E-state index contributed by atoms with van der Waals surface area (Å²) in [5, 5.41) is 12.2. The summed E-state index contributed by atoms with van der Waals surface area (Å²) in [6, 6.07) is 7.83. The van der Waals surface area contributed by atoms with Crippen LogP contribution in [0.1, 0.15) is 66.7 Å². The van der Waals surface area contributed by atoms with Crippen LogP contribution < -0.4 is 5.32 Å². The SMILES string of the molecule is O=C(NCc1cc(C(F)(F)F)cc(C(F)(F)F)c1)C1(CCO)CCC(N2CCC(c3ccc(F)cc3)CC2)C1. The summed E-state index contributed by atoms with van der Waals surface area (Å²) in [5.41, 5.74) is -3.04. The topological polar surface area (TPSA) is 52.6 Å². The van der Waals surface area contributed by atoms with E-state index >= 15 is 0 Å². The molecule has 2 aromatic rings. The first-order valence-corrected chi connectivity index (χ1v) is 13.0. The fourth-order valence-corrected chi connectivity index (χ4v) is 5.99. The summed E-state index contributed by atoms with van der Waals surface area (Å²) in [6.45, 7) is 0.809. The number of nitrogens with zero attached hydrogens (tertiary/aromatic N) is 1. The Morgan fingerprint density at radius 1 is 0.949 bits per heavy atom. The van der Waals surface area contributed by atoms with Crippen LogP contribution in [0.25, 0.3) is 0 Å². The van der Waals surface area contributed by atoms with Gasteiger partial charge in [-0.25, -0.2) is 4.39 Å². The lowest BCUT2D eigenvalue weighted by molar-refractivity contribution is -0.143. The first-order chi connectivity index (χ1) is 18.3. The Bertz CT molecular complexity index is 1110. The van der Waals surface area contributed by atoms with Crippen molar-refractivity contribution >= 4 is 5.91 Å². The lowest BCUT2D eigenvalue weighted by atomic mass is 9.81. The molecule has 4 rings (SSSR count). The summed E-state index contributed by atoms with van der Waals surface area (Å²) in [5.74, 6) is -0.455. The van der Waals surface area contributed by atoms with E-state index in [9.17, 15) is 40.6 Å². The van der Waals surface area contributed by atoms with E-state index in [4.69, 9.17) is 0 Å². The first kappa shape index (κ1) is 29.3. The zero-order valence-corrected chi connectivity index (χ0v) is 21.2. The number of aliphatic hydroxyl groups excluding tert-OH is 1. The summed E-state index contributed by atoms with van der Waals surface area (Å²) in [4.78, 5) is 15.6. The van der Waals surface area contributed by atoms with Gasteiger partial charge in [-0.3, -0.25) is 4.79 Å². The van der Waals surface area contributed by atoms with Crippen molar-refractivity contribution in [3.8, 4) is 0 Å². The second-order valence-corrected chi connectivity index (χ2v) is 10.6. The number of carbonyl (C=O) groups excluding carboxylic acids is 1. The van der Waals surface area contributed by atoms with Crippen LogP contribution in [0.3, 0.4) is 0 Å². The van der Waals surface area contributed by atoms with Gasteiger partial charge in [0.15, 0.2) is 0 Å². The smallest absolute Gasteiger partial charge is 0.396 e. The molecule has 0 spiro atoms. The second kappa shape index (κ2) is 11.4. The van der Waals surface area contributed by atoms with E-state index in [-0.39, 0.29) is 36.5 Å². The maximum Gasteiger partial charge on any atom is 0.416 e. The summed E-state index contributed by atoms with van der Waals surface area (Å²) < 4.78 is 92.4. The molecular formula is C28H31F7N2O2. The fraction of sp³-hybridized carbons (Fsp3) is 0.536. The third-order valence-electron chi connectivity index (χ3n) is 8.14. The molecule has 1 aliphatic heterocycles. The van der Waals surface area contributed by atoms with Crippen LogP contribution in [0.5, 0.6) is 0 Å². The van der Waals surface area contributed by atoms with E-state index < -0.39 is 41.3 Å². The van der Waals surface area contributed by atoms with Crippen molar-refractivity contribution in [2.24, 2.45) is 5.41 Å². The quantitative estimate of drug-likeness (QED) is 0.392. The van der Waals surface area contributed by atoms with Crippen molar-refractivity contribution in [3.05, 3.63) is 70.5 Å². The zero-order chi connectivity index (χ0) is 28.4. The number of halogens is 7. The molecule has 11 heteroatoms. The fourth-order valence-electron chi connectivity index (χ4n) is 5.99. The van der Waals surface area contributed by atoms with Crippen molar-refractivity contribution < 1.29 is 40.6 Å². The molecule has 0 aromatic heterocycles. The number of benzene rings is 2. The monoisotopic (exact) mass is 560 g/mol. The molecule has 1 aliphatic carbocycles. The van der Waals surface area contributed by atoms with Crippen molar-refractivity contribution in [2.75, 3.05) is 19.7 Å². The highest BCUT2D eigenvalue weighted by molar-refractivity contribution is 5.83. The molecule has 39 heavy (non-hydrogen) atoms. The Balaban J connectivity index is 1.40. The molecule has 2 unspecified atom stereocenters. The summed E-state index contributed by atoms with van der Waals surface area (Å²) in [7, 11) is 0. The van der Waals surface area contributed by atoms with Crippen molar-refractivity contribution in [3.63, 3.8) is 0 Å². The lowest BCUT2D eigenvalue weighted by Gasteiger charge is -2.37. The molecule has 4 nitrogen and oxygen atoms in total. The molecule has 2 aromatic carbocycles. The number of hydrogen-bond acceptors (Lipinski definition) is 3. The molecule has 1 heterocycles. The van der Waals surface area contributed by atoms with Crippen LogP contribution in [0, 0.1) is 11.2 Å². The van der Waals surface area contributed by atoms with Gasteiger partial charge in [0, 0.05) is 19.2 Å². The average molecular weight is 561 g/mol. The van der Waals surface area contributed by atoms with Gasteiger partial charge in [-0.2, -0.15) is 26.3 Å². The number of nitrogens with one attached hydrogen (secondary N) is 1. The van der Waals surface area contributed by atoms with Crippen molar-refractivity contribution in [1.82, 2.24) is 10.2 Å². The third-order valence-corrected chi connectivity index (χ3v) is 8.14. The molecule has 2 aliphatic rings. The number of rotatable bonds is 7. The van der Waals surface area contributed by atoms with Crippen LogP contribution in [0.15, 0.2) is 42.5 Å². The Morgan fingerprint density at radius 3 is 2.08 bits per heavy atom. The Kier molecular flexibility index (Phi) is 8.61. The molecule has 1 saturated carbocycles. The molecule has 1 amide bonds. The van der Waals surface area contributed by atoms with Gasteiger partial charge < -0.3 is 15.3 Å². The van der Waals surface area contributed by atoms with Crippen molar-refractivity contribution in [2.45, 2.75) is 69.4 Å². The van der Waals surface area contributed by atoms with E-state index in [0.29, 0.717) is 37.3 Å². The minimum absolute atomic E-state index is 0.0550. The van der Waals surface area contributed by atoms with E-state index in [1.807, 2.05) is 0 Å². The predicted octanol–water partition coefficient (Wildman–Crippen LogP) is 6.28. The van der Waals surface area contributed by atoms with Gasteiger partial charge in [0.25, 0.3) is 0 Å². The normalized spacial score (nSPS) is 23.2. The van der Waals surface area contributed by atoms with Crippen LogP contribution in [0.2, 0.25) is 0 Å². The van der Waals surface area contributed by atoms with Gasteiger partial charge in [-0.05, 0) is 99.0 Å². The second-order valence-electron chi connectivity index (χ2n) is 10.6. The minimum Gasteiger partial charge on any atom is -0.396 e. The molecular weight excluding hydrogens is 529 g/mol. The number of alkyl halides is 6. The van der Waals surface area contributed by atoms with E-state index in [0.717, 1.165) is 31.5 Å². The van der Waals surface area contributed by atoms with E-state index in [1.54, 1.807) is 12.1 Å². The van der Waals surface area contributed by atoms with Crippen LogP contribution in [0.4, 0.5) is 30.7 Å². The Morgan fingerprint density at radius 2 is 1.54 bits per heavy atom. The highest BCUT2D eigenvalue weighted by atomic mass is 19.4. The Hall–Kier alpha value is -2.66. The van der Waals surface area contributed by atoms with Gasteiger partial charge in [-0.15, -0.1) is 0 Å². The first-order valence-electron chi connectivity index (χ1n) is 13.0. The van der Waals surface area contributed by atoms with Gasteiger partial charge >= 0.3 is 12.4 Å². The summed E-state index contributed by atoms with van der Waals surface area (Å²) in [6.07, 6.45) is -6.46. The molecule has 214 valence electrons. The average Bonchev–Trinajstić information content (AvgIpc) is 3.32. The minimum atomic E-state index is -4.97. The van der Waals surface area contributed by atoms with Crippen LogP contribution >= 0.6 is 0 Å². The standard InChI is InChI=1S/C28H31F7N2O2/c29-23-3-1-19(2-4-23)20-6-10-37(11-7-20)24-5-8-26(16-24,9-12-38)25(39)36-17-18-13-21(27(30,31)32)15-22(14-18)28(33,34)35/h1-4,13-15,20,24,38H,5-12,16-17H2,(H,36,39). The third kappa shape index (κ3) is 6.92. The lowest BCUT2D eigenvalue weighted by Crippen LogP contribution is -2.43. The van der Waals surface area contributed by atoms with Crippen molar-refractivity contribution in [1.29, 1.82) is 0 Å². The maximum absolute atomic E-state index is 13.3. The van der Waals surface area contributed by atoms with Crippen LogP contribution in [-0.2, 0) is 23.7 Å². The molecule has 0 bridgehead atoms. The molecule has 1 saturated heterocycles. The highest BCUT2D eigenvalue weighted by Crippen LogP contribution is 2.45. The Labute approximate surface area is 222 Å². The van der Waals surface area contributed by atoms with Gasteiger partial charge in [0.05, 0.1) is 16.5 Å². The summed E-state index contributed by atoms with van der Waals surface area (Å²) >= 11 is 0. The largest absolute Gasteiger partial charge is 0.416 e. The number of hydrogen-bond donors (Lipinski definition) is 2. The number of amides is 1. The number of likely N-dealkylation sites (tertiary alicyclic amines) is 1. The van der Waals surface area contributed by atoms with Gasteiger partial charge in [-0.1, -0.05) is 12.1 Å². The van der Waals surface area contributed by atoms with E-state index in [2.05, 4.69) is 10.2 Å². The molecule has 2 N–H and O–H groups in total. The zero-order valence-electron chi connectivity index (χ0n) is 21.2. The highest BCUT2D eigenvalue weighted by Gasteiger charge is 2.46. The van der Waals surface area contributed by atoms with E-state index in [1.165, 1.54) is 12.1 Å². The number of piperidine rings is 1. The van der Waals surface area contributed by atoms with Gasteiger partial charge in [0.1, 0.15) is 5.82 Å².